The van der Waals surface area contributed by atoms with Gasteiger partial charge in [0.15, 0.2) is 0 Å². The van der Waals surface area contributed by atoms with E-state index in [1.807, 2.05) is 0 Å². The number of carbonyl (C=O) groups is 1. The minimum Gasteiger partial charge on any atom is -0.478 e. The van der Waals surface area contributed by atoms with Gasteiger partial charge in [-0.05, 0) is 12.1 Å². The molecule has 0 aliphatic rings. The van der Waals surface area contributed by atoms with Gasteiger partial charge in [-0.25, -0.2) is 4.79 Å². The van der Waals surface area contributed by atoms with Crippen LogP contribution in [0.1, 0.15) is 17.2 Å². The highest BCUT2D eigenvalue weighted by molar-refractivity contribution is 5.75. The standard InChI is InChI=1S/C15H11F3O3/c16-15(17,18)11-8-4-5-9-12(11)21-13(14(19)20)10-6-2-1-3-7-10/h1-9,13H,(H,19,20). The third-order valence-electron chi connectivity index (χ3n) is 2.76. The molecule has 1 N–H and O–H groups in total. The highest BCUT2D eigenvalue weighted by Crippen LogP contribution is 2.37. The van der Waals surface area contributed by atoms with E-state index in [2.05, 4.69) is 0 Å². The number of hydrogen-bond donors (Lipinski definition) is 1. The van der Waals surface area contributed by atoms with E-state index in [9.17, 15) is 23.1 Å². The fourth-order valence-corrected chi connectivity index (χ4v) is 1.82. The van der Waals surface area contributed by atoms with Crippen LogP contribution in [0.3, 0.4) is 0 Å². The van der Waals surface area contributed by atoms with Crippen molar-refractivity contribution in [2.24, 2.45) is 0 Å². The van der Waals surface area contributed by atoms with E-state index in [0.717, 1.165) is 12.1 Å². The highest BCUT2D eigenvalue weighted by atomic mass is 19.4. The average molecular weight is 296 g/mol. The number of para-hydroxylation sites is 1. The average Bonchev–Trinajstić information content (AvgIpc) is 2.44. The molecule has 0 saturated carbocycles. The number of halogens is 3. The van der Waals surface area contributed by atoms with Gasteiger partial charge in [0.1, 0.15) is 5.75 Å². The van der Waals surface area contributed by atoms with Crippen LogP contribution in [-0.4, -0.2) is 11.1 Å². The van der Waals surface area contributed by atoms with Gasteiger partial charge in [0.05, 0.1) is 5.56 Å². The number of benzene rings is 2. The third kappa shape index (κ3) is 3.53. The second-order valence-corrected chi connectivity index (χ2v) is 4.24. The van der Waals surface area contributed by atoms with E-state index in [4.69, 9.17) is 4.74 Å². The number of aliphatic carboxylic acids is 1. The molecule has 6 heteroatoms. The molecule has 3 nitrogen and oxygen atoms in total. The van der Waals surface area contributed by atoms with Crippen molar-refractivity contribution in [3.63, 3.8) is 0 Å². The van der Waals surface area contributed by atoms with Crippen molar-refractivity contribution in [3.05, 3.63) is 65.7 Å². The van der Waals surface area contributed by atoms with Gasteiger partial charge in [0.2, 0.25) is 6.10 Å². The van der Waals surface area contributed by atoms with Gasteiger partial charge in [-0.15, -0.1) is 0 Å². The Hall–Kier alpha value is -2.50. The molecule has 0 saturated heterocycles. The zero-order valence-corrected chi connectivity index (χ0v) is 10.7. The smallest absolute Gasteiger partial charge is 0.419 e. The van der Waals surface area contributed by atoms with Gasteiger partial charge in [-0.1, -0.05) is 42.5 Å². The predicted molar refractivity (Wildman–Crippen MR) is 68.9 cm³/mol. The summed E-state index contributed by atoms with van der Waals surface area (Å²) in [5, 5.41) is 9.18. The maximum absolute atomic E-state index is 12.9. The maximum atomic E-state index is 12.9. The molecule has 0 spiro atoms. The van der Waals surface area contributed by atoms with Crippen molar-refractivity contribution in [3.8, 4) is 5.75 Å². The van der Waals surface area contributed by atoms with Gasteiger partial charge in [0.25, 0.3) is 0 Å². The number of rotatable bonds is 4. The molecule has 0 aliphatic heterocycles. The lowest BCUT2D eigenvalue weighted by Gasteiger charge is -2.19. The molecule has 21 heavy (non-hydrogen) atoms. The van der Waals surface area contributed by atoms with Crippen LogP contribution < -0.4 is 4.74 Å². The minimum absolute atomic E-state index is 0.266. The molecule has 1 unspecified atom stereocenters. The molecule has 0 fully saturated rings. The maximum Gasteiger partial charge on any atom is 0.419 e. The van der Waals surface area contributed by atoms with E-state index in [1.54, 1.807) is 18.2 Å². The number of alkyl halides is 3. The van der Waals surface area contributed by atoms with Crippen molar-refractivity contribution in [2.75, 3.05) is 0 Å². The first kappa shape index (κ1) is 14.9. The summed E-state index contributed by atoms with van der Waals surface area (Å²) in [7, 11) is 0. The number of carboxylic acid groups (broad SMARTS) is 1. The fraction of sp³-hybridized carbons (Fsp3) is 0.133. The number of carboxylic acids is 1. The lowest BCUT2D eigenvalue weighted by molar-refractivity contribution is -0.148. The lowest BCUT2D eigenvalue weighted by Crippen LogP contribution is -2.20. The first-order valence-electron chi connectivity index (χ1n) is 6.00. The molecule has 2 aromatic carbocycles. The molecular weight excluding hydrogens is 285 g/mol. The highest BCUT2D eigenvalue weighted by Gasteiger charge is 2.35. The summed E-state index contributed by atoms with van der Waals surface area (Å²) in [5.41, 5.74) is -0.742. The molecule has 1 atom stereocenters. The Morgan fingerprint density at radius 1 is 1.00 bits per heavy atom. The second-order valence-electron chi connectivity index (χ2n) is 4.24. The Bertz CT molecular complexity index is 624. The molecule has 2 rings (SSSR count). The van der Waals surface area contributed by atoms with Crippen molar-refractivity contribution in [1.82, 2.24) is 0 Å². The summed E-state index contributed by atoms with van der Waals surface area (Å²) in [6, 6.07) is 12.3. The summed E-state index contributed by atoms with van der Waals surface area (Å²) in [4.78, 5) is 11.3. The molecule has 2 aromatic rings. The largest absolute Gasteiger partial charge is 0.478 e. The normalized spacial score (nSPS) is 12.7. The third-order valence-corrected chi connectivity index (χ3v) is 2.76. The van der Waals surface area contributed by atoms with Crippen LogP contribution in [0, 0.1) is 0 Å². The quantitative estimate of drug-likeness (QED) is 0.930. The summed E-state index contributed by atoms with van der Waals surface area (Å²) in [6.07, 6.45) is -6.12. The van der Waals surface area contributed by atoms with Crippen LogP contribution in [0.15, 0.2) is 54.6 Å². The zero-order chi connectivity index (χ0) is 15.5. The van der Waals surface area contributed by atoms with Crippen LogP contribution in [0.25, 0.3) is 0 Å². The summed E-state index contributed by atoms with van der Waals surface area (Å²) < 4.78 is 43.7. The molecule has 0 aliphatic carbocycles. The van der Waals surface area contributed by atoms with Crippen LogP contribution >= 0.6 is 0 Å². The Morgan fingerprint density at radius 3 is 2.14 bits per heavy atom. The van der Waals surface area contributed by atoms with Gasteiger partial charge in [-0.2, -0.15) is 13.2 Å². The molecule has 0 bridgehead atoms. The topological polar surface area (TPSA) is 46.5 Å². The SMILES string of the molecule is O=C(O)C(Oc1ccccc1C(F)(F)F)c1ccccc1. The van der Waals surface area contributed by atoms with E-state index < -0.39 is 29.6 Å². The van der Waals surface area contributed by atoms with Gasteiger partial charge in [-0.3, -0.25) is 0 Å². The summed E-state index contributed by atoms with van der Waals surface area (Å²) in [6.45, 7) is 0. The molecule has 0 aromatic heterocycles. The Kier molecular flexibility index (Phi) is 4.16. The minimum atomic E-state index is -4.61. The second kappa shape index (κ2) is 5.87. The Labute approximate surface area is 118 Å². The molecule has 110 valence electrons. The van der Waals surface area contributed by atoms with E-state index >= 15 is 0 Å². The molecule has 0 amide bonds. The molecule has 0 heterocycles. The lowest BCUT2D eigenvalue weighted by atomic mass is 10.1. The van der Waals surface area contributed by atoms with Crippen molar-refractivity contribution < 1.29 is 27.8 Å². The Morgan fingerprint density at radius 2 is 1.57 bits per heavy atom. The number of hydrogen-bond acceptors (Lipinski definition) is 2. The fourth-order valence-electron chi connectivity index (χ4n) is 1.82. The van der Waals surface area contributed by atoms with Gasteiger partial charge in [0, 0.05) is 5.56 Å². The molecule has 0 radical (unpaired) electrons. The Balaban J connectivity index is 2.37. The van der Waals surface area contributed by atoms with Crippen molar-refractivity contribution in [1.29, 1.82) is 0 Å². The van der Waals surface area contributed by atoms with Crippen LogP contribution in [0.4, 0.5) is 13.2 Å². The first-order valence-corrected chi connectivity index (χ1v) is 6.00. The van der Waals surface area contributed by atoms with Crippen molar-refractivity contribution in [2.45, 2.75) is 12.3 Å². The van der Waals surface area contributed by atoms with E-state index in [1.165, 1.54) is 24.3 Å². The van der Waals surface area contributed by atoms with E-state index in [0.29, 0.717) is 0 Å². The number of ether oxygens (including phenoxy) is 1. The predicted octanol–water partition coefficient (Wildman–Crippen LogP) is 3.91. The van der Waals surface area contributed by atoms with Gasteiger partial charge < -0.3 is 9.84 Å². The summed E-state index contributed by atoms with van der Waals surface area (Å²) >= 11 is 0. The van der Waals surface area contributed by atoms with Crippen LogP contribution in [0.5, 0.6) is 5.75 Å². The van der Waals surface area contributed by atoms with Crippen LogP contribution in [-0.2, 0) is 11.0 Å². The van der Waals surface area contributed by atoms with Crippen molar-refractivity contribution >= 4 is 5.97 Å². The van der Waals surface area contributed by atoms with Gasteiger partial charge >= 0.3 is 12.1 Å². The molecular formula is C15H11F3O3. The van der Waals surface area contributed by atoms with E-state index in [-0.39, 0.29) is 5.56 Å². The zero-order valence-electron chi connectivity index (χ0n) is 10.7. The monoisotopic (exact) mass is 296 g/mol. The summed E-state index contributed by atoms with van der Waals surface area (Å²) in [5.74, 6) is -1.88. The first-order chi connectivity index (χ1) is 9.89. The van der Waals surface area contributed by atoms with Crippen LogP contribution in [0.2, 0.25) is 0 Å².